The number of benzene rings is 1. The molecule has 0 radical (unpaired) electrons. The topological polar surface area (TPSA) is 41.1 Å². The third-order valence-corrected chi connectivity index (χ3v) is 2.97. The molecule has 1 aromatic carbocycles. The fourth-order valence-corrected chi connectivity index (χ4v) is 1.70. The first-order chi connectivity index (χ1) is 8.13. The van der Waals surface area contributed by atoms with Crippen molar-refractivity contribution in [1.29, 1.82) is 0 Å². The van der Waals surface area contributed by atoms with Gasteiger partial charge in [0.15, 0.2) is 0 Å². The minimum absolute atomic E-state index is 0.0883. The van der Waals surface area contributed by atoms with Gasteiger partial charge in [-0.15, -0.1) is 0 Å². The Morgan fingerprint density at radius 1 is 1.47 bits per heavy atom. The summed E-state index contributed by atoms with van der Waals surface area (Å²) >= 11 is 3.31. The number of carbonyl (C=O) groups is 1. The number of halogens is 2. The summed E-state index contributed by atoms with van der Waals surface area (Å²) in [7, 11) is 0. The highest BCUT2D eigenvalue weighted by Crippen LogP contribution is 2.17. The van der Waals surface area contributed by atoms with Gasteiger partial charge in [-0.2, -0.15) is 0 Å². The lowest BCUT2D eigenvalue weighted by Gasteiger charge is -2.08. The van der Waals surface area contributed by atoms with Crippen molar-refractivity contribution in [2.75, 3.05) is 13.1 Å². The number of amides is 1. The first-order valence-corrected chi connectivity index (χ1v) is 6.34. The second-order valence-electron chi connectivity index (χ2n) is 3.69. The van der Waals surface area contributed by atoms with Crippen molar-refractivity contribution in [3.63, 3.8) is 0 Å². The zero-order chi connectivity index (χ0) is 12.7. The predicted octanol–water partition coefficient (Wildman–Crippen LogP) is 2.20. The summed E-state index contributed by atoms with van der Waals surface area (Å²) in [5.41, 5.74) is 0.730. The maximum absolute atomic E-state index is 13.0. The van der Waals surface area contributed by atoms with Gasteiger partial charge in [0, 0.05) is 11.0 Å². The zero-order valence-corrected chi connectivity index (χ0v) is 11.3. The van der Waals surface area contributed by atoms with Gasteiger partial charge in [-0.25, -0.2) is 4.39 Å². The van der Waals surface area contributed by atoms with Gasteiger partial charge in [0.25, 0.3) is 0 Å². The van der Waals surface area contributed by atoms with Gasteiger partial charge in [-0.1, -0.05) is 22.9 Å². The molecule has 1 amide bonds. The van der Waals surface area contributed by atoms with Gasteiger partial charge in [0.05, 0.1) is 6.54 Å². The third kappa shape index (κ3) is 5.28. The predicted molar refractivity (Wildman–Crippen MR) is 69.1 cm³/mol. The molecule has 0 aromatic heterocycles. The fourth-order valence-electron chi connectivity index (χ4n) is 1.31. The Hall–Kier alpha value is -0.940. The zero-order valence-electron chi connectivity index (χ0n) is 9.72. The summed E-state index contributed by atoms with van der Waals surface area (Å²) in [5.74, 6) is -0.392. The van der Waals surface area contributed by atoms with Gasteiger partial charge >= 0.3 is 0 Å². The Morgan fingerprint density at radius 3 is 2.94 bits per heavy atom. The lowest BCUT2D eigenvalue weighted by Crippen LogP contribution is -2.33. The molecular weight excluding hydrogens is 287 g/mol. The summed E-state index contributed by atoms with van der Waals surface area (Å²) in [4.78, 5) is 11.4. The first-order valence-electron chi connectivity index (χ1n) is 5.54. The Balaban J connectivity index is 2.39. The summed E-state index contributed by atoms with van der Waals surface area (Å²) in [5, 5.41) is 5.73. The molecule has 94 valence electrons. The Labute approximate surface area is 109 Å². The van der Waals surface area contributed by atoms with Crippen LogP contribution in [0.2, 0.25) is 0 Å². The molecule has 2 N–H and O–H groups in total. The van der Waals surface area contributed by atoms with E-state index in [1.807, 2.05) is 6.92 Å². The molecule has 5 heteroatoms. The van der Waals surface area contributed by atoms with Crippen LogP contribution in [0.5, 0.6) is 0 Å². The van der Waals surface area contributed by atoms with E-state index < -0.39 is 0 Å². The lowest BCUT2D eigenvalue weighted by atomic mass is 10.2. The normalized spacial score (nSPS) is 10.3. The van der Waals surface area contributed by atoms with E-state index in [1.165, 1.54) is 12.1 Å². The van der Waals surface area contributed by atoms with Crippen molar-refractivity contribution in [2.45, 2.75) is 19.9 Å². The average molecular weight is 303 g/mol. The van der Waals surface area contributed by atoms with Gasteiger partial charge in [-0.05, 0) is 36.7 Å². The SMILES string of the molecule is CCCNCC(=O)NCc1cc(F)ccc1Br. The van der Waals surface area contributed by atoms with Crippen molar-refractivity contribution in [2.24, 2.45) is 0 Å². The molecule has 17 heavy (non-hydrogen) atoms. The molecule has 0 fully saturated rings. The third-order valence-electron chi connectivity index (χ3n) is 2.20. The number of hydrogen-bond donors (Lipinski definition) is 2. The molecule has 0 unspecified atom stereocenters. The smallest absolute Gasteiger partial charge is 0.234 e. The molecule has 0 aliphatic carbocycles. The highest BCUT2D eigenvalue weighted by Gasteiger charge is 2.04. The Kier molecular flexibility index (Phi) is 6.15. The van der Waals surface area contributed by atoms with E-state index in [2.05, 4.69) is 26.6 Å². The number of rotatable bonds is 6. The molecule has 0 aliphatic rings. The van der Waals surface area contributed by atoms with Gasteiger partial charge in [0.1, 0.15) is 5.82 Å². The Bertz CT molecular complexity index is 385. The highest BCUT2D eigenvalue weighted by molar-refractivity contribution is 9.10. The summed E-state index contributed by atoms with van der Waals surface area (Å²) < 4.78 is 13.8. The number of carbonyl (C=O) groups excluding carboxylic acids is 1. The van der Waals surface area contributed by atoms with Crippen LogP contribution >= 0.6 is 15.9 Å². The quantitative estimate of drug-likeness (QED) is 0.791. The molecular formula is C12H16BrFN2O. The summed E-state index contributed by atoms with van der Waals surface area (Å²) in [6, 6.07) is 4.41. The number of hydrogen-bond acceptors (Lipinski definition) is 2. The van der Waals surface area contributed by atoms with Crippen LogP contribution in [0, 0.1) is 5.82 Å². The highest BCUT2D eigenvalue weighted by atomic mass is 79.9. The molecule has 0 aliphatic heterocycles. The minimum Gasteiger partial charge on any atom is -0.351 e. The van der Waals surface area contributed by atoms with Crippen LogP contribution in [-0.2, 0) is 11.3 Å². The molecule has 0 atom stereocenters. The minimum atomic E-state index is -0.304. The second-order valence-corrected chi connectivity index (χ2v) is 4.54. The maximum atomic E-state index is 13.0. The maximum Gasteiger partial charge on any atom is 0.234 e. The monoisotopic (exact) mass is 302 g/mol. The first kappa shape index (κ1) is 14.1. The van der Waals surface area contributed by atoms with E-state index >= 15 is 0 Å². The van der Waals surface area contributed by atoms with Gasteiger partial charge in [0.2, 0.25) is 5.91 Å². The molecule has 0 heterocycles. The Morgan fingerprint density at radius 2 is 2.24 bits per heavy atom. The summed E-state index contributed by atoms with van der Waals surface area (Å²) in [6.07, 6.45) is 0.989. The van der Waals surface area contributed by atoms with Crippen molar-refractivity contribution < 1.29 is 9.18 Å². The van der Waals surface area contributed by atoms with E-state index in [9.17, 15) is 9.18 Å². The van der Waals surface area contributed by atoms with E-state index in [0.717, 1.165) is 23.0 Å². The van der Waals surface area contributed by atoms with Gasteiger partial charge < -0.3 is 10.6 Å². The van der Waals surface area contributed by atoms with Crippen LogP contribution < -0.4 is 10.6 Å². The molecule has 0 saturated heterocycles. The molecule has 3 nitrogen and oxygen atoms in total. The fraction of sp³-hybridized carbons (Fsp3) is 0.417. The molecule has 0 spiro atoms. The van der Waals surface area contributed by atoms with Crippen LogP contribution in [0.4, 0.5) is 4.39 Å². The molecule has 0 saturated carbocycles. The van der Waals surface area contributed by atoms with Crippen molar-refractivity contribution in [3.05, 3.63) is 34.1 Å². The molecule has 1 aromatic rings. The number of nitrogens with one attached hydrogen (secondary N) is 2. The second kappa shape index (κ2) is 7.40. The van der Waals surface area contributed by atoms with Gasteiger partial charge in [-0.3, -0.25) is 4.79 Å². The summed E-state index contributed by atoms with van der Waals surface area (Å²) in [6.45, 7) is 3.47. The molecule has 0 bridgehead atoms. The van der Waals surface area contributed by atoms with Crippen LogP contribution in [-0.4, -0.2) is 19.0 Å². The van der Waals surface area contributed by atoms with Crippen LogP contribution in [0.15, 0.2) is 22.7 Å². The van der Waals surface area contributed by atoms with Crippen LogP contribution in [0.3, 0.4) is 0 Å². The van der Waals surface area contributed by atoms with Crippen molar-refractivity contribution in [1.82, 2.24) is 10.6 Å². The van der Waals surface area contributed by atoms with Crippen molar-refractivity contribution in [3.8, 4) is 0 Å². The van der Waals surface area contributed by atoms with E-state index in [-0.39, 0.29) is 11.7 Å². The van der Waals surface area contributed by atoms with Crippen LogP contribution in [0.1, 0.15) is 18.9 Å². The lowest BCUT2D eigenvalue weighted by molar-refractivity contribution is -0.120. The van der Waals surface area contributed by atoms with Crippen LogP contribution in [0.25, 0.3) is 0 Å². The van der Waals surface area contributed by atoms with Crippen molar-refractivity contribution >= 4 is 21.8 Å². The molecule has 1 rings (SSSR count). The van der Waals surface area contributed by atoms with E-state index in [0.29, 0.717) is 13.1 Å². The van der Waals surface area contributed by atoms with E-state index in [4.69, 9.17) is 0 Å². The largest absolute Gasteiger partial charge is 0.351 e. The average Bonchev–Trinajstić information content (AvgIpc) is 2.31. The van der Waals surface area contributed by atoms with E-state index in [1.54, 1.807) is 6.07 Å². The standard InChI is InChI=1S/C12H16BrFN2O/c1-2-5-15-8-12(17)16-7-9-6-10(14)3-4-11(9)13/h3-4,6,15H,2,5,7-8H2,1H3,(H,16,17).